The van der Waals surface area contributed by atoms with Gasteiger partial charge in [-0.25, -0.2) is 4.99 Å². The molecule has 0 bridgehead atoms. The highest BCUT2D eigenvalue weighted by Crippen LogP contribution is 2.45. The van der Waals surface area contributed by atoms with Crippen LogP contribution in [0.5, 0.6) is 5.75 Å². The van der Waals surface area contributed by atoms with E-state index in [1.54, 1.807) is 0 Å². The van der Waals surface area contributed by atoms with Crippen LogP contribution in [0.4, 0.5) is 0 Å². The molecule has 0 saturated heterocycles. The van der Waals surface area contributed by atoms with Crippen LogP contribution in [0, 0.1) is 0 Å². The van der Waals surface area contributed by atoms with E-state index in [4.69, 9.17) is 25.1 Å². The number of aliphatic imine (C=N–C) groups is 1. The summed E-state index contributed by atoms with van der Waals surface area (Å²) in [6.45, 7) is 1.10. The molecular weight excluding hydrogens is 658 g/mol. The van der Waals surface area contributed by atoms with Gasteiger partial charge in [-0.2, -0.15) is 0 Å². The number of azide groups is 1. The molecule has 4 aromatic carbocycles. The van der Waals surface area contributed by atoms with Crippen molar-refractivity contribution in [3.05, 3.63) is 146 Å². The maximum Gasteiger partial charge on any atom is 0.252 e. The van der Waals surface area contributed by atoms with Crippen LogP contribution in [0.1, 0.15) is 53.2 Å². The fourth-order valence-corrected chi connectivity index (χ4v) is 6.18. The molecule has 0 fully saturated rings. The Bertz CT molecular complexity index is 1710. The number of ether oxygens (including phenoxy) is 2. The second kappa shape index (κ2) is 16.8. The molecule has 9 nitrogen and oxygen atoms in total. The number of carbonyl (C=O) groups is 1. The van der Waals surface area contributed by atoms with E-state index in [1.165, 1.54) is 5.56 Å². The van der Waals surface area contributed by atoms with Crippen LogP contribution in [0.3, 0.4) is 0 Å². The first-order chi connectivity index (χ1) is 23.0. The quantitative estimate of drug-likeness (QED) is 0.0540. The van der Waals surface area contributed by atoms with Gasteiger partial charge in [-0.15, -0.1) is 0 Å². The fraction of sp³-hybridized carbons (Fsp3) is 0.297. The summed E-state index contributed by atoms with van der Waals surface area (Å²) in [5, 5.41) is 16.1. The standard InChI is InChI=1S/C37H38BrN5O4/c38-33-17-7-6-16-32(33)34-37(25-29-14-4-5-15-30(29)26-41-43-39,36(45)40-22-9-8-13-27-11-2-1-3-12-27)42-35(47-34)28-18-20-31(21-19-28)46-24-10-23-44/h1-7,11-12,14-21,34,44H,8-10,13,22-26H2,(H,40,45)/t34-,37-/m1/s1. The van der Waals surface area contributed by atoms with Gasteiger partial charge >= 0.3 is 0 Å². The van der Waals surface area contributed by atoms with Gasteiger partial charge < -0.3 is 19.9 Å². The number of rotatable bonds is 16. The first kappa shape index (κ1) is 33.7. The van der Waals surface area contributed by atoms with E-state index in [0.29, 0.717) is 36.8 Å². The lowest BCUT2D eigenvalue weighted by atomic mass is 9.81. The van der Waals surface area contributed by atoms with Crippen molar-refractivity contribution in [1.29, 1.82) is 0 Å². The molecule has 2 N–H and O–H groups in total. The van der Waals surface area contributed by atoms with Crippen LogP contribution in [-0.2, 0) is 28.9 Å². The molecule has 1 amide bonds. The van der Waals surface area contributed by atoms with Gasteiger partial charge in [0.2, 0.25) is 5.90 Å². The smallest absolute Gasteiger partial charge is 0.252 e. The van der Waals surface area contributed by atoms with Crippen LogP contribution in [0.15, 0.2) is 118 Å². The summed E-state index contributed by atoms with van der Waals surface area (Å²) in [6.07, 6.45) is 2.66. The number of aliphatic hydroxyl groups excluding tert-OH is 1. The minimum atomic E-state index is -1.37. The number of aryl methyl sites for hydroxylation is 1. The number of aliphatic hydroxyl groups is 1. The first-order valence-electron chi connectivity index (χ1n) is 15.8. The van der Waals surface area contributed by atoms with E-state index in [-0.39, 0.29) is 25.5 Å². The van der Waals surface area contributed by atoms with Crippen LogP contribution >= 0.6 is 15.9 Å². The third kappa shape index (κ3) is 8.60. The molecular formula is C37H38BrN5O4. The van der Waals surface area contributed by atoms with Crippen molar-refractivity contribution in [3.8, 4) is 5.75 Å². The molecule has 0 spiro atoms. The third-order valence-corrected chi connectivity index (χ3v) is 8.84. The van der Waals surface area contributed by atoms with E-state index in [2.05, 4.69) is 43.4 Å². The average molecular weight is 697 g/mol. The van der Waals surface area contributed by atoms with Crippen molar-refractivity contribution in [2.24, 2.45) is 10.1 Å². The number of amides is 1. The van der Waals surface area contributed by atoms with Gasteiger partial charge in [0.1, 0.15) is 5.75 Å². The minimum Gasteiger partial charge on any atom is -0.494 e. The minimum absolute atomic E-state index is 0.0579. The summed E-state index contributed by atoms with van der Waals surface area (Å²) >= 11 is 3.70. The molecule has 0 radical (unpaired) electrons. The molecule has 5 rings (SSSR count). The monoisotopic (exact) mass is 695 g/mol. The second-order valence-electron chi connectivity index (χ2n) is 11.3. The van der Waals surface area contributed by atoms with Crippen LogP contribution in [0.25, 0.3) is 10.4 Å². The zero-order chi connectivity index (χ0) is 32.9. The summed E-state index contributed by atoms with van der Waals surface area (Å²) in [5.74, 6) is 0.768. The van der Waals surface area contributed by atoms with Crippen molar-refractivity contribution < 1.29 is 19.4 Å². The predicted octanol–water partition coefficient (Wildman–Crippen LogP) is 7.66. The highest BCUT2D eigenvalue weighted by atomic mass is 79.9. The van der Waals surface area contributed by atoms with E-state index >= 15 is 0 Å². The molecule has 242 valence electrons. The Morgan fingerprint density at radius 3 is 2.43 bits per heavy atom. The van der Waals surface area contributed by atoms with E-state index in [1.807, 2.05) is 91.0 Å². The second-order valence-corrected chi connectivity index (χ2v) is 12.2. The molecule has 47 heavy (non-hydrogen) atoms. The normalized spacial score (nSPS) is 16.9. The predicted molar refractivity (Wildman–Crippen MR) is 186 cm³/mol. The highest BCUT2D eigenvalue weighted by molar-refractivity contribution is 9.10. The van der Waals surface area contributed by atoms with Gasteiger partial charge in [0, 0.05) is 46.5 Å². The number of nitrogens with zero attached hydrogens (tertiary/aromatic N) is 4. The maximum atomic E-state index is 14.6. The Kier molecular flexibility index (Phi) is 12.0. The van der Waals surface area contributed by atoms with Crippen LogP contribution in [-0.4, -0.2) is 42.2 Å². The Hall–Kier alpha value is -4.63. The van der Waals surface area contributed by atoms with E-state index in [0.717, 1.165) is 40.4 Å². The summed E-state index contributed by atoms with van der Waals surface area (Å²) in [5.41, 5.74) is 12.1. The van der Waals surface area contributed by atoms with Crippen LogP contribution < -0.4 is 10.1 Å². The first-order valence-corrected chi connectivity index (χ1v) is 16.6. The molecule has 0 aliphatic carbocycles. The largest absolute Gasteiger partial charge is 0.494 e. The molecule has 0 aromatic heterocycles. The van der Waals surface area contributed by atoms with Crippen molar-refractivity contribution in [3.63, 3.8) is 0 Å². The van der Waals surface area contributed by atoms with E-state index < -0.39 is 11.6 Å². The van der Waals surface area contributed by atoms with Gasteiger partial charge in [-0.1, -0.05) is 93.8 Å². The zero-order valence-corrected chi connectivity index (χ0v) is 27.7. The Labute approximate surface area is 283 Å². The van der Waals surface area contributed by atoms with Gasteiger partial charge in [-0.05, 0) is 71.8 Å². The van der Waals surface area contributed by atoms with Crippen molar-refractivity contribution in [2.75, 3.05) is 19.8 Å². The molecule has 0 saturated carbocycles. The van der Waals surface area contributed by atoms with Crippen LogP contribution in [0.2, 0.25) is 0 Å². The lowest BCUT2D eigenvalue weighted by Crippen LogP contribution is -2.50. The lowest BCUT2D eigenvalue weighted by Gasteiger charge is -2.32. The zero-order valence-electron chi connectivity index (χ0n) is 26.1. The summed E-state index contributed by atoms with van der Waals surface area (Å²) in [6, 6.07) is 33.0. The van der Waals surface area contributed by atoms with Gasteiger partial charge in [0.25, 0.3) is 5.91 Å². The lowest BCUT2D eigenvalue weighted by molar-refractivity contribution is -0.128. The van der Waals surface area contributed by atoms with Crippen molar-refractivity contribution in [2.45, 2.75) is 50.3 Å². The number of halogens is 1. The van der Waals surface area contributed by atoms with Crippen molar-refractivity contribution >= 4 is 27.7 Å². The summed E-state index contributed by atoms with van der Waals surface area (Å²) in [4.78, 5) is 22.7. The molecule has 1 aliphatic heterocycles. The highest BCUT2D eigenvalue weighted by Gasteiger charge is 2.54. The number of hydrogen-bond donors (Lipinski definition) is 2. The van der Waals surface area contributed by atoms with Crippen molar-refractivity contribution in [1.82, 2.24) is 5.32 Å². The molecule has 1 heterocycles. The summed E-state index contributed by atoms with van der Waals surface area (Å²) < 4.78 is 13.2. The summed E-state index contributed by atoms with van der Waals surface area (Å²) in [7, 11) is 0. The van der Waals surface area contributed by atoms with Gasteiger partial charge in [0.05, 0.1) is 13.2 Å². The third-order valence-electron chi connectivity index (χ3n) is 8.12. The van der Waals surface area contributed by atoms with Gasteiger partial charge in [0.15, 0.2) is 11.6 Å². The molecule has 10 heteroatoms. The van der Waals surface area contributed by atoms with E-state index in [9.17, 15) is 4.79 Å². The number of benzene rings is 4. The number of nitrogens with one attached hydrogen (secondary N) is 1. The Morgan fingerprint density at radius 2 is 1.68 bits per heavy atom. The Balaban J connectivity index is 1.50. The topological polar surface area (TPSA) is 129 Å². The molecule has 4 aromatic rings. The number of carbonyl (C=O) groups excluding carboxylic acids is 1. The average Bonchev–Trinajstić information content (AvgIpc) is 3.49. The SMILES string of the molecule is [N-]=[N+]=NCc1ccccc1C[C@@]1(C(=O)NCCCCc2ccccc2)N=C(c2ccc(OCCCO)cc2)O[C@@H]1c1ccccc1Br. The number of hydrogen-bond acceptors (Lipinski definition) is 6. The molecule has 1 aliphatic rings. The number of unbranched alkanes of at least 4 members (excludes halogenated alkanes) is 1. The molecule has 2 atom stereocenters. The maximum absolute atomic E-state index is 14.6. The molecule has 0 unspecified atom stereocenters. The fourth-order valence-electron chi connectivity index (χ4n) is 5.68. The Morgan fingerprint density at radius 1 is 0.957 bits per heavy atom. The van der Waals surface area contributed by atoms with Gasteiger partial charge in [-0.3, -0.25) is 4.79 Å².